The first-order valence-electron chi connectivity index (χ1n) is 2.33. The standard InChI is InChI=1S/C5H10N2S/c1-4(6)8-5(2)7-3/h6H,1-3H3. The minimum atomic E-state index is 0.591. The smallest absolute Gasteiger partial charge is 0.0700 e. The number of hydrogen-bond acceptors (Lipinski definition) is 3. The van der Waals surface area contributed by atoms with E-state index in [0.29, 0.717) is 5.04 Å². The van der Waals surface area contributed by atoms with E-state index < -0.39 is 0 Å². The van der Waals surface area contributed by atoms with Crippen LogP contribution in [0.4, 0.5) is 0 Å². The predicted octanol–water partition coefficient (Wildman–Crippen LogP) is 1.76. The van der Waals surface area contributed by atoms with E-state index in [9.17, 15) is 0 Å². The van der Waals surface area contributed by atoms with Crippen molar-refractivity contribution in [3.63, 3.8) is 0 Å². The van der Waals surface area contributed by atoms with Gasteiger partial charge in [0.25, 0.3) is 0 Å². The summed E-state index contributed by atoms with van der Waals surface area (Å²) in [7, 11) is 1.73. The normalized spacial score (nSPS) is 11.6. The molecule has 0 amide bonds. The maximum atomic E-state index is 7.01. The molecule has 0 heterocycles. The quantitative estimate of drug-likeness (QED) is 0.393. The van der Waals surface area contributed by atoms with Gasteiger partial charge < -0.3 is 0 Å². The lowest BCUT2D eigenvalue weighted by molar-refractivity contribution is 1.45. The van der Waals surface area contributed by atoms with E-state index in [2.05, 4.69) is 4.99 Å². The first-order valence-corrected chi connectivity index (χ1v) is 3.15. The lowest BCUT2D eigenvalue weighted by Gasteiger charge is -1.92. The Bertz CT molecular complexity index is 118. The molecule has 0 bridgehead atoms. The second kappa shape index (κ2) is 3.66. The van der Waals surface area contributed by atoms with Crippen molar-refractivity contribution >= 4 is 21.8 Å². The van der Waals surface area contributed by atoms with Crippen LogP contribution in [-0.2, 0) is 0 Å². The van der Waals surface area contributed by atoms with Gasteiger partial charge in [0.1, 0.15) is 0 Å². The van der Waals surface area contributed by atoms with Crippen molar-refractivity contribution in [2.24, 2.45) is 4.99 Å². The second-order valence-corrected chi connectivity index (χ2v) is 2.81. The van der Waals surface area contributed by atoms with Crippen molar-refractivity contribution < 1.29 is 0 Å². The van der Waals surface area contributed by atoms with E-state index in [-0.39, 0.29) is 0 Å². The molecule has 0 fully saturated rings. The van der Waals surface area contributed by atoms with E-state index >= 15 is 0 Å². The summed E-state index contributed by atoms with van der Waals surface area (Å²) in [4.78, 5) is 3.87. The Morgan fingerprint density at radius 3 is 2.12 bits per heavy atom. The summed E-state index contributed by atoms with van der Waals surface area (Å²) in [6.45, 7) is 3.64. The summed E-state index contributed by atoms with van der Waals surface area (Å²) in [5.74, 6) is 0. The summed E-state index contributed by atoms with van der Waals surface area (Å²) in [5.41, 5.74) is 0. The van der Waals surface area contributed by atoms with Crippen LogP contribution in [0.2, 0.25) is 0 Å². The third-order valence-corrected chi connectivity index (χ3v) is 1.40. The highest BCUT2D eigenvalue weighted by Crippen LogP contribution is 2.02. The molecule has 8 heavy (non-hydrogen) atoms. The summed E-state index contributed by atoms with van der Waals surface area (Å²) in [6, 6.07) is 0. The van der Waals surface area contributed by atoms with E-state index in [0.717, 1.165) is 5.04 Å². The number of rotatable bonds is 0. The molecule has 0 aliphatic rings. The Hall–Kier alpha value is -0.310. The first-order chi connectivity index (χ1) is 3.66. The molecule has 0 aromatic carbocycles. The van der Waals surface area contributed by atoms with Crippen molar-refractivity contribution in [1.29, 1.82) is 5.41 Å². The molecule has 46 valence electrons. The van der Waals surface area contributed by atoms with Crippen molar-refractivity contribution in [1.82, 2.24) is 0 Å². The van der Waals surface area contributed by atoms with Gasteiger partial charge in [0.05, 0.1) is 10.1 Å². The number of aliphatic imine (C=N–C) groups is 1. The molecule has 0 rings (SSSR count). The van der Waals surface area contributed by atoms with Crippen molar-refractivity contribution in [3.05, 3.63) is 0 Å². The van der Waals surface area contributed by atoms with Gasteiger partial charge >= 0.3 is 0 Å². The Balaban J connectivity index is 3.56. The third-order valence-electron chi connectivity index (χ3n) is 0.616. The van der Waals surface area contributed by atoms with Gasteiger partial charge in [0.15, 0.2) is 0 Å². The molecule has 1 N–H and O–H groups in total. The Morgan fingerprint density at radius 2 is 2.00 bits per heavy atom. The van der Waals surface area contributed by atoms with Crippen molar-refractivity contribution in [2.45, 2.75) is 13.8 Å². The molecule has 0 radical (unpaired) electrons. The zero-order valence-electron chi connectivity index (χ0n) is 5.36. The molecule has 0 saturated heterocycles. The summed E-state index contributed by atoms with van der Waals surface area (Å²) < 4.78 is 0. The minimum Gasteiger partial charge on any atom is -0.298 e. The van der Waals surface area contributed by atoms with Crippen LogP contribution in [0.25, 0.3) is 0 Å². The van der Waals surface area contributed by atoms with E-state index in [1.807, 2.05) is 6.92 Å². The van der Waals surface area contributed by atoms with E-state index in [1.54, 1.807) is 14.0 Å². The molecule has 0 unspecified atom stereocenters. The number of thioether (sulfide) groups is 1. The van der Waals surface area contributed by atoms with Gasteiger partial charge in [-0.05, 0) is 13.8 Å². The molecule has 0 aliphatic carbocycles. The Morgan fingerprint density at radius 1 is 1.50 bits per heavy atom. The SMILES string of the molecule is CN=C(C)SC(C)=N. The third kappa shape index (κ3) is 3.87. The van der Waals surface area contributed by atoms with Crippen LogP contribution in [0.5, 0.6) is 0 Å². The maximum Gasteiger partial charge on any atom is 0.0700 e. The Labute approximate surface area is 53.9 Å². The van der Waals surface area contributed by atoms with Gasteiger partial charge in [0.2, 0.25) is 0 Å². The zero-order valence-corrected chi connectivity index (χ0v) is 6.17. The first kappa shape index (κ1) is 7.69. The Kier molecular flexibility index (Phi) is 3.52. The molecule has 0 aliphatic heterocycles. The summed E-state index contributed by atoms with van der Waals surface area (Å²) in [5, 5.41) is 8.54. The largest absolute Gasteiger partial charge is 0.298 e. The van der Waals surface area contributed by atoms with Crippen LogP contribution in [0.3, 0.4) is 0 Å². The highest BCUT2D eigenvalue weighted by molar-refractivity contribution is 8.26. The summed E-state index contributed by atoms with van der Waals surface area (Å²) >= 11 is 1.39. The topological polar surface area (TPSA) is 36.2 Å². The lowest BCUT2D eigenvalue weighted by Crippen LogP contribution is -1.87. The van der Waals surface area contributed by atoms with Gasteiger partial charge in [-0.3, -0.25) is 10.4 Å². The maximum absolute atomic E-state index is 7.01. The highest BCUT2D eigenvalue weighted by Gasteiger charge is 1.89. The van der Waals surface area contributed by atoms with E-state index in [1.165, 1.54) is 11.8 Å². The van der Waals surface area contributed by atoms with Crippen LogP contribution in [0.1, 0.15) is 13.8 Å². The molecule has 0 aromatic rings. The molecule has 0 atom stereocenters. The average Bonchev–Trinajstić information content (AvgIpc) is 1.65. The van der Waals surface area contributed by atoms with Gasteiger partial charge in [-0.25, -0.2) is 0 Å². The number of nitrogens with one attached hydrogen (secondary N) is 1. The molecular weight excluding hydrogens is 120 g/mol. The number of nitrogens with zero attached hydrogens (tertiary/aromatic N) is 1. The molecular formula is C5H10N2S. The molecule has 0 aromatic heterocycles. The monoisotopic (exact) mass is 130 g/mol. The van der Waals surface area contributed by atoms with Gasteiger partial charge in [-0.15, -0.1) is 0 Å². The van der Waals surface area contributed by atoms with Crippen LogP contribution >= 0.6 is 11.8 Å². The molecule has 0 spiro atoms. The predicted molar refractivity (Wildman–Crippen MR) is 40.0 cm³/mol. The number of hydrogen-bond donors (Lipinski definition) is 1. The van der Waals surface area contributed by atoms with Crippen molar-refractivity contribution in [3.8, 4) is 0 Å². The fourth-order valence-electron chi connectivity index (χ4n) is 0.267. The molecule has 2 nitrogen and oxygen atoms in total. The molecule has 0 saturated carbocycles. The van der Waals surface area contributed by atoms with Crippen LogP contribution in [-0.4, -0.2) is 17.1 Å². The van der Waals surface area contributed by atoms with Gasteiger partial charge in [0, 0.05) is 7.05 Å². The zero-order chi connectivity index (χ0) is 6.57. The van der Waals surface area contributed by atoms with E-state index in [4.69, 9.17) is 5.41 Å². The van der Waals surface area contributed by atoms with Crippen LogP contribution in [0.15, 0.2) is 4.99 Å². The minimum absolute atomic E-state index is 0.591. The fourth-order valence-corrected chi connectivity index (χ4v) is 0.802. The van der Waals surface area contributed by atoms with Gasteiger partial charge in [-0.1, -0.05) is 11.8 Å². The van der Waals surface area contributed by atoms with Crippen molar-refractivity contribution in [2.75, 3.05) is 7.05 Å². The van der Waals surface area contributed by atoms with Crippen LogP contribution in [0, 0.1) is 5.41 Å². The van der Waals surface area contributed by atoms with Gasteiger partial charge in [-0.2, -0.15) is 0 Å². The second-order valence-electron chi connectivity index (χ2n) is 1.40. The molecule has 3 heteroatoms. The van der Waals surface area contributed by atoms with Crippen LogP contribution < -0.4 is 0 Å². The summed E-state index contributed by atoms with van der Waals surface area (Å²) in [6.07, 6.45) is 0. The lowest BCUT2D eigenvalue weighted by atomic mass is 10.9. The fraction of sp³-hybridized carbons (Fsp3) is 0.600. The average molecular weight is 130 g/mol. The highest BCUT2D eigenvalue weighted by atomic mass is 32.2.